The first-order chi connectivity index (χ1) is 9.86. The summed E-state index contributed by atoms with van der Waals surface area (Å²) in [4.78, 5) is 12.1. The SMILES string of the molecule is CC(NC(=O)Cc1cc(C(C)(C)C)on1)c1ccccc1. The van der Waals surface area contributed by atoms with E-state index in [1.54, 1.807) is 0 Å². The minimum absolute atomic E-state index is 0.0207. The molecule has 1 amide bonds. The molecule has 1 N–H and O–H groups in total. The van der Waals surface area contributed by atoms with Crippen molar-refractivity contribution in [3.63, 3.8) is 0 Å². The molecule has 4 nitrogen and oxygen atoms in total. The Morgan fingerprint density at radius 3 is 2.52 bits per heavy atom. The highest BCUT2D eigenvalue weighted by Crippen LogP contribution is 2.22. The Kier molecular flexibility index (Phi) is 4.46. The van der Waals surface area contributed by atoms with Crippen molar-refractivity contribution in [2.24, 2.45) is 0 Å². The fourth-order valence-corrected chi connectivity index (χ4v) is 2.03. The molecule has 2 rings (SSSR count). The summed E-state index contributed by atoms with van der Waals surface area (Å²) in [6.07, 6.45) is 0.233. The van der Waals surface area contributed by atoms with Gasteiger partial charge in [0, 0.05) is 11.5 Å². The highest BCUT2D eigenvalue weighted by atomic mass is 16.5. The molecule has 2 aromatic rings. The van der Waals surface area contributed by atoms with Crippen LogP contribution in [0, 0.1) is 0 Å². The molecule has 0 radical (unpaired) electrons. The standard InChI is InChI=1S/C17H22N2O2/c1-12(13-8-6-5-7-9-13)18-16(20)11-14-10-15(21-19-14)17(2,3)4/h5-10,12H,11H2,1-4H3,(H,18,20). The lowest BCUT2D eigenvalue weighted by molar-refractivity contribution is -0.121. The van der Waals surface area contributed by atoms with E-state index in [9.17, 15) is 4.79 Å². The summed E-state index contributed by atoms with van der Waals surface area (Å²) in [6.45, 7) is 8.12. The smallest absolute Gasteiger partial charge is 0.226 e. The predicted molar refractivity (Wildman–Crippen MR) is 81.9 cm³/mol. The zero-order valence-electron chi connectivity index (χ0n) is 13.0. The fourth-order valence-electron chi connectivity index (χ4n) is 2.03. The van der Waals surface area contributed by atoms with Crippen LogP contribution in [0.1, 0.15) is 50.8 Å². The van der Waals surface area contributed by atoms with Crippen molar-refractivity contribution in [3.8, 4) is 0 Å². The van der Waals surface area contributed by atoms with Gasteiger partial charge in [-0.1, -0.05) is 56.3 Å². The van der Waals surface area contributed by atoms with Crippen LogP contribution in [0.2, 0.25) is 0 Å². The maximum absolute atomic E-state index is 12.1. The Hall–Kier alpha value is -2.10. The molecule has 0 bridgehead atoms. The summed E-state index contributed by atoms with van der Waals surface area (Å²) in [6, 6.07) is 11.7. The van der Waals surface area contributed by atoms with Gasteiger partial charge in [-0.3, -0.25) is 4.79 Å². The van der Waals surface area contributed by atoms with Crippen molar-refractivity contribution in [1.82, 2.24) is 10.5 Å². The summed E-state index contributed by atoms with van der Waals surface area (Å²) in [5, 5.41) is 6.94. The Labute approximate surface area is 125 Å². The van der Waals surface area contributed by atoms with Crippen LogP contribution in [0.3, 0.4) is 0 Å². The first-order valence-electron chi connectivity index (χ1n) is 7.16. The van der Waals surface area contributed by atoms with Gasteiger partial charge in [0.25, 0.3) is 0 Å². The Bertz CT molecular complexity index is 597. The second kappa shape index (κ2) is 6.12. The lowest BCUT2D eigenvalue weighted by Crippen LogP contribution is -2.28. The van der Waals surface area contributed by atoms with Crippen LogP contribution in [0.25, 0.3) is 0 Å². The monoisotopic (exact) mass is 286 g/mol. The molecule has 1 heterocycles. The van der Waals surface area contributed by atoms with Gasteiger partial charge in [-0.15, -0.1) is 0 Å². The highest BCUT2D eigenvalue weighted by molar-refractivity contribution is 5.78. The van der Waals surface area contributed by atoms with Crippen LogP contribution >= 0.6 is 0 Å². The zero-order chi connectivity index (χ0) is 15.5. The number of rotatable bonds is 4. The predicted octanol–water partition coefficient (Wildman–Crippen LogP) is 3.39. The zero-order valence-corrected chi connectivity index (χ0v) is 13.0. The molecule has 112 valence electrons. The summed E-state index contributed by atoms with van der Waals surface area (Å²) in [7, 11) is 0. The molecule has 4 heteroatoms. The van der Waals surface area contributed by atoms with Crippen LogP contribution in [0.5, 0.6) is 0 Å². The molecule has 1 atom stereocenters. The molecular weight excluding hydrogens is 264 g/mol. The van der Waals surface area contributed by atoms with E-state index < -0.39 is 0 Å². The molecule has 1 aromatic carbocycles. The van der Waals surface area contributed by atoms with Gasteiger partial charge in [-0.05, 0) is 12.5 Å². The fraction of sp³-hybridized carbons (Fsp3) is 0.412. The summed E-state index contributed by atoms with van der Waals surface area (Å²) >= 11 is 0. The number of hydrogen-bond acceptors (Lipinski definition) is 3. The summed E-state index contributed by atoms with van der Waals surface area (Å²) in [5.74, 6) is 0.738. The van der Waals surface area contributed by atoms with Gasteiger partial charge < -0.3 is 9.84 Å². The molecule has 0 aliphatic heterocycles. The van der Waals surface area contributed by atoms with Crippen molar-refractivity contribution in [1.29, 1.82) is 0 Å². The van der Waals surface area contributed by atoms with Crippen LogP contribution in [-0.2, 0) is 16.6 Å². The maximum Gasteiger partial charge on any atom is 0.226 e. The third-order valence-corrected chi connectivity index (χ3v) is 3.32. The molecule has 0 fully saturated rings. The minimum Gasteiger partial charge on any atom is -0.361 e. The van der Waals surface area contributed by atoms with Gasteiger partial charge in [0.05, 0.1) is 18.2 Å². The summed E-state index contributed by atoms with van der Waals surface area (Å²) < 4.78 is 5.29. The number of hydrogen-bond donors (Lipinski definition) is 1. The van der Waals surface area contributed by atoms with Gasteiger partial charge in [-0.25, -0.2) is 0 Å². The lowest BCUT2D eigenvalue weighted by Gasteiger charge is -2.13. The van der Waals surface area contributed by atoms with Crippen molar-refractivity contribution in [3.05, 3.63) is 53.4 Å². The van der Waals surface area contributed by atoms with Crippen molar-refractivity contribution < 1.29 is 9.32 Å². The van der Waals surface area contributed by atoms with Crippen LogP contribution in [0.4, 0.5) is 0 Å². The number of amides is 1. The molecule has 21 heavy (non-hydrogen) atoms. The van der Waals surface area contributed by atoms with Gasteiger partial charge in [-0.2, -0.15) is 0 Å². The minimum atomic E-state index is -0.0982. The number of aromatic nitrogens is 1. The molecule has 0 saturated heterocycles. The van der Waals surface area contributed by atoms with Crippen LogP contribution in [0.15, 0.2) is 40.9 Å². The second-order valence-corrected chi connectivity index (χ2v) is 6.31. The van der Waals surface area contributed by atoms with Gasteiger partial charge in [0.2, 0.25) is 5.91 Å². The van der Waals surface area contributed by atoms with Crippen LogP contribution in [-0.4, -0.2) is 11.1 Å². The number of carbonyl (C=O) groups excluding carboxylic acids is 1. The molecule has 0 saturated carbocycles. The average molecular weight is 286 g/mol. The molecule has 0 aliphatic rings. The van der Waals surface area contributed by atoms with E-state index >= 15 is 0 Å². The Balaban J connectivity index is 1.94. The number of carbonyl (C=O) groups is 1. The number of nitrogens with one attached hydrogen (secondary N) is 1. The van der Waals surface area contributed by atoms with Crippen molar-refractivity contribution in [2.45, 2.75) is 45.6 Å². The first-order valence-corrected chi connectivity index (χ1v) is 7.16. The highest BCUT2D eigenvalue weighted by Gasteiger charge is 2.20. The Morgan fingerprint density at radius 1 is 1.29 bits per heavy atom. The van der Waals surface area contributed by atoms with Crippen molar-refractivity contribution in [2.75, 3.05) is 0 Å². The molecule has 0 spiro atoms. The normalized spacial score (nSPS) is 13.0. The quantitative estimate of drug-likeness (QED) is 0.937. The van der Waals surface area contributed by atoms with E-state index in [2.05, 4.69) is 31.2 Å². The molecular formula is C17H22N2O2. The third kappa shape index (κ3) is 4.18. The van der Waals surface area contributed by atoms with E-state index in [1.165, 1.54) is 0 Å². The van der Waals surface area contributed by atoms with Gasteiger partial charge in [0.1, 0.15) is 5.76 Å². The number of nitrogens with zero attached hydrogens (tertiary/aromatic N) is 1. The third-order valence-electron chi connectivity index (χ3n) is 3.32. The van der Waals surface area contributed by atoms with E-state index in [0.717, 1.165) is 11.3 Å². The number of benzene rings is 1. The van der Waals surface area contributed by atoms with E-state index in [4.69, 9.17) is 4.52 Å². The van der Waals surface area contributed by atoms with Crippen LogP contribution < -0.4 is 5.32 Å². The molecule has 0 aliphatic carbocycles. The summed E-state index contributed by atoms with van der Waals surface area (Å²) in [5.41, 5.74) is 1.65. The second-order valence-electron chi connectivity index (χ2n) is 6.31. The van der Waals surface area contributed by atoms with E-state index in [1.807, 2.05) is 43.3 Å². The van der Waals surface area contributed by atoms with E-state index in [0.29, 0.717) is 5.69 Å². The average Bonchev–Trinajstić information content (AvgIpc) is 2.88. The first kappa shape index (κ1) is 15.3. The molecule has 1 aromatic heterocycles. The van der Waals surface area contributed by atoms with E-state index in [-0.39, 0.29) is 23.8 Å². The Morgan fingerprint density at radius 2 is 1.95 bits per heavy atom. The maximum atomic E-state index is 12.1. The topological polar surface area (TPSA) is 55.1 Å². The van der Waals surface area contributed by atoms with Crippen molar-refractivity contribution >= 4 is 5.91 Å². The largest absolute Gasteiger partial charge is 0.361 e. The van der Waals surface area contributed by atoms with Gasteiger partial charge >= 0.3 is 0 Å². The lowest BCUT2D eigenvalue weighted by atomic mass is 9.93. The molecule has 1 unspecified atom stereocenters. The van der Waals surface area contributed by atoms with Gasteiger partial charge in [0.15, 0.2) is 0 Å².